The summed E-state index contributed by atoms with van der Waals surface area (Å²) in [6.07, 6.45) is 1.92. The number of Topliss-reactive ketones (excluding diaryl/α,β-unsaturated/α-hetero) is 1. The highest BCUT2D eigenvalue weighted by atomic mass is 16.5. The fourth-order valence-corrected chi connectivity index (χ4v) is 2.01. The van der Waals surface area contributed by atoms with E-state index >= 15 is 0 Å². The Morgan fingerprint density at radius 3 is 2.44 bits per heavy atom. The molecule has 0 unspecified atom stereocenters. The SMILES string of the molecule is CCOCCOC1CCN(C(=O)CC(C)=O)CC1. The summed E-state index contributed by atoms with van der Waals surface area (Å²) in [6, 6.07) is 0. The van der Waals surface area contributed by atoms with E-state index in [9.17, 15) is 9.59 Å². The molecule has 0 N–H and O–H groups in total. The maximum atomic E-state index is 11.7. The van der Waals surface area contributed by atoms with Crippen molar-refractivity contribution in [3.8, 4) is 0 Å². The lowest BCUT2D eigenvalue weighted by atomic mass is 10.1. The highest BCUT2D eigenvalue weighted by Crippen LogP contribution is 2.14. The van der Waals surface area contributed by atoms with E-state index in [-0.39, 0.29) is 24.2 Å². The van der Waals surface area contributed by atoms with Crippen LogP contribution in [0.15, 0.2) is 0 Å². The minimum absolute atomic E-state index is 0.0237. The number of hydrogen-bond donors (Lipinski definition) is 0. The molecule has 0 atom stereocenters. The van der Waals surface area contributed by atoms with Gasteiger partial charge in [-0.2, -0.15) is 0 Å². The number of nitrogens with zero attached hydrogens (tertiary/aromatic N) is 1. The van der Waals surface area contributed by atoms with E-state index in [0.29, 0.717) is 32.9 Å². The minimum atomic E-state index is -0.0740. The van der Waals surface area contributed by atoms with Gasteiger partial charge in [0.05, 0.1) is 25.7 Å². The van der Waals surface area contributed by atoms with E-state index in [1.807, 2.05) is 6.92 Å². The Kier molecular flexibility index (Phi) is 6.90. The van der Waals surface area contributed by atoms with Gasteiger partial charge in [0, 0.05) is 19.7 Å². The van der Waals surface area contributed by atoms with Crippen LogP contribution in [0.25, 0.3) is 0 Å². The molecule has 1 amide bonds. The largest absolute Gasteiger partial charge is 0.379 e. The van der Waals surface area contributed by atoms with Crippen molar-refractivity contribution in [2.45, 2.75) is 39.2 Å². The molecule has 0 saturated carbocycles. The summed E-state index contributed by atoms with van der Waals surface area (Å²) in [6.45, 7) is 6.72. The van der Waals surface area contributed by atoms with Crippen LogP contribution in [0, 0.1) is 0 Å². The molecule has 0 radical (unpaired) electrons. The third-order valence-electron chi connectivity index (χ3n) is 2.98. The van der Waals surface area contributed by atoms with Crippen LogP contribution in [0.3, 0.4) is 0 Å². The van der Waals surface area contributed by atoms with E-state index in [0.717, 1.165) is 12.8 Å². The van der Waals surface area contributed by atoms with Gasteiger partial charge in [-0.05, 0) is 26.7 Å². The predicted molar refractivity (Wildman–Crippen MR) is 67.3 cm³/mol. The van der Waals surface area contributed by atoms with Crippen molar-refractivity contribution in [1.82, 2.24) is 4.90 Å². The van der Waals surface area contributed by atoms with Crippen LogP contribution >= 0.6 is 0 Å². The number of amides is 1. The van der Waals surface area contributed by atoms with E-state index in [4.69, 9.17) is 9.47 Å². The van der Waals surface area contributed by atoms with Gasteiger partial charge in [-0.3, -0.25) is 9.59 Å². The van der Waals surface area contributed by atoms with Crippen molar-refractivity contribution in [2.75, 3.05) is 32.9 Å². The Morgan fingerprint density at radius 1 is 1.22 bits per heavy atom. The maximum Gasteiger partial charge on any atom is 0.230 e. The number of carbonyl (C=O) groups is 2. The first-order chi connectivity index (χ1) is 8.63. The van der Waals surface area contributed by atoms with Crippen molar-refractivity contribution < 1.29 is 19.1 Å². The molecule has 1 fully saturated rings. The Labute approximate surface area is 108 Å². The highest BCUT2D eigenvalue weighted by Gasteiger charge is 2.23. The van der Waals surface area contributed by atoms with Gasteiger partial charge >= 0.3 is 0 Å². The zero-order valence-electron chi connectivity index (χ0n) is 11.3. The van der Waals surface area contributed by atoms with Gasteiger partial charge in [-0.15, -0.1) is 0 Å². The third kappa shape index (κ3) is 5.60. The molecule has 1 heterocycles. The molecule has 5 heteroatoms. The van der Waals surface area contributed by atoms with Crippen LogP contribution < -0.4 is 0 Å². The van der Waals surface area contributed by atoms with Crippen molar-refractivity contribution in [1.29, 1.82) is 0 Å². The summed E-state index contributed by atoms with van der Waals surface area (Å²) in [5.74, 6) is -0.134. The zero-order chi connectivity index (χ0) is 13.4. The summed E-state index contributed by atoms with van der Waals surface area (Å²) in [5, 5.41) is 0. The Balaban J connectivity index is 2.16. The number of carbonyl (C=O) groups excluding carboxylic acids is 2. The van der Waals surface area contributed by atoms with Crippen LogP contribution in [0.4, 0.5) is 0 Å². The first-order valence-electron chi connectivity index (χ1n) is 6.60. The van der Waals surface area contributed by atoms with Gasteiger partial charge < -0.3 is 14.4 Å². The van der Waals surface area contributed by atoms with Crippen molar-refractivity contribution >= 4 is 11.7 Å². The number of ketones is 1. The van der Waals surface area contributed by atoms with E-state index in [2.05, 4.69) is 0 Å². The fourth-order valence-electron chi connectivity index (χ4n) is 2.01. The Morgan fingerprint density at radius 2 is 1.89 bits per heavy atom. The standard InChI is InChI=1S/C13H23NO4/c1-3-17-8-9-18-12-4-6-14(7-5-12)13(16)10-11(2)15/h12H,3-10H2,1-2H3. The van der Waals surface area contributed by atoms with Gasteiger partial charge in [-0.1, -0.05) is 0 Å². The lowest BCUT2D eigenvalue weighted by molar-refractivity contribution is -0.137. The summed E-state index contributed by atoms with van der Waals surface area (Å²) in [5.41, 5.74) is 0. The average molecular weight is 257 g/mol. The molecule has 0 aliphatic carbocycles. The van der Waals surface area contributed by atoms with Gasteiger partial charge in [0.15, 0.2) is 0 Å². The predicted octanol–water partition coefficient (Wildman–Crippen LogP) is 1.01. The lowest BCUT2D eigenvalue weighted by Gasteiger charge is -2.31. The Bertz CT molecular complexity index is 272. The van der Waals surface area contributed by atoms with Crippen LogP contribution in [0.5, 0.6) is 0 Å². The van der Waals surface area contributed by atoms with E-state index < -0.39 is 0 Å². The molecule has 0 aromatic rings. The van der Waals surface area contributed by atoms with Crippen LogP contribution in [0.2, 0.25) is 0 Å². The monoisotopic (exact) mass is 257 g/mol. The second-order valence-corrected chi connectivity index (χ2v) is 4.53. The normalized spacial score (nSPS) is 16.9. The molecule has 18 heavy (non-hydrogen) atoms. The Hall–Kier alpha value is -0.940. The maximum absolute atomic E-state index is 11.7. The molecule has 0 aromatic carbocycles. The average Bonchev–Trinajstić information content (AvgIpc) is 2.34. The topological polar surface area (TPSA) is 55.8 Å². The minimum Gasteiger partial charge on any atom is -0.379 e. The summed E-state index contributed by atoms with van der Waals surface area (Å²) in [7, 11) is 0. The number of piperidine rings is 1. The van der Waals surface area contributed by atoms with Crippen LogP contribution in [0.1, 0.15) is 33.1 Å². The lowest BCUT2D eigenvalue weighted by Crippen LogP contribution is -2.41. The highest BCUT2D eigenvalue weighted by molar-refractivity contribution is 5.96. The molecule has 1 rings (SSSR count). The number of hydrogen-bond acceptors (Lipinski definition) is 4. The van der Waals surface area contributed by atoms with Crippen LogP contribution in [-0.4, -0.2) is 55.6 Å². The van der Waals surface area contributed by atoms with Crippen LogP contribution in [-0.2, 0) is 19.1 Å². The summed E-state index contributed by atoms with van der Waals surface area (Å²) in [4.78, 5) is 24.3. The zero-order valence-corrected chi connectivity index (χ0v) is 11.3. The fraction of sp³-hybridized carbons (Fsp3) is 0.846. The molecule has 0 spiro atoms. The molecule has 0 aromatic heterocycles. The van der Waals surface area contributed by atoms with Gasteiger partial charge in [-0.25, -0.2) is 0 Å². The van der Waals surface area contributed by atoms with Crippen molar-refractivity contribution in [3.05, 3.63) is 0 Å². The van der Waals surface area contributed by atoms with Gasteiger partial charge in [0.25, 0.3) is 0 Å². The molecular weight excluding hydrogens is 234 g/mol. The molecule has 1 aliphatic heterocycles. The van der Waals surface area contributed by atoms with E-state index in [1.165, 1.54) is 6.92 Å². The number of ether oxygens (including phenoxy) is 2. The van der Waals surface area contributed by atoms with Crippen molar-refractivity contribution in [2.24, 2.45) is 0 Å². The molecule has 104 valence electrons. The van der Waals surface area contributed by atoms with Crippen molar-refractivity contribution in [3.63, 3.8) is 0 Å². The first kappa shape index (κ1) is 15.1. The molecule has 5 nitrogen and oxygen atoms in total. The number of rotatable bonds is 7. The second kappa shape index (κ2) is 8.21. The smallest absolute Gasteiger partial charge is 0.230 e. The quantitative estimate of drug-likeness (QED) is 0.504. The summed E-state index contributed by atoms with van der Waals surface area (Å²) >= 11 is 0. The molecule has 1 saturated heterocycles. The van der Waals surface area contributed by atoms with Gasteiger partial charge in [0.1, 0.15) is 5.78 Å². The molecule has 1 aliphatic rings. The molecule has 0 bridgehead atoms. The third-order valence-corrected chi connectivity index (χ3v) is 2.98. The summed E-state index contributed by atoms with van der Waals surface area (Å²) < 4.78 is 10.9. The molecular formula is C13H23NO4. The van der Waals surface area contributed by atoms with Gasteiger partial charge in [0.2, 0.25) is 5.91 Å². The van der Waals surface area contributed by atoms with E-state index in [1.54, 1.807) is 4.90 Å². The number of likely N-dealkylation sites (tertiary alicyclic amines) is 1. The first-order valence-corrected chi connectivity index (χ1v) is 6.60. The second-order valence-electron chi connectivity index (χ2n) is 4.53.